The number of hydrogen-bond donors (Lipinski definition) is 0. The number of quaternary nitrogens is 1. The first-order valence-electron chi connectivity index (χ1n) is 38.3. The molecule has 0 bridgehead atoms. The van der Waals surface area contributed by atoms with E-state index in [1.165, 1.54) is 167 Å². The van der Waals surface area contributed by atoms with Gasteiger partial charge in [0.2, 0.25) is 0 Å². The molecule has 9 heteroatoms. The smallest absolute Gasteiger partial charge is 0.306 e. The van der Waals surface area contributed by atoms with Gasteiger partial charge in [-0.25, -0.2) is 0 Å². The van der Waals surface area contributed by atoms with Gasteiger partial charge < -0.3 is 33.3 Å². The summed E-state index contributed by atoms with van der Waals surface area (Å²) < 4.78 is 22.8. The molecule has 2 atom stereocenters. The molecule has 0 aliphatic heterocycles. The standard InChI is InChI=1S/C84H143NO8/c1-6-8-10-12-14-16-18-20-22-24-26-28-30-32-34-35-36-37-38-39-40-41-42-43-44-45-46-47-49-50-52-54-56-58-60-62-64-66-68-70-72-74-81(86)91-78-80(79-92-84(83(88)89)90-77-76-85(3,4)5)93-82(87)75-73-71-69-67-65-63-61-59-57-55-53-51-48-33-31-29-27-25-23-21-19-17-15-13-11-9-7-2/h8-11,14-17,20-23,26-29,33,48,53,55,59,61,80,84H,6-7,12-13,18-19,24-25,30-32,34-47,49-52,54,56-58,60,62-79H2,1-5H3/b10-8-,11-9-,16-14-,17-15-,22-20-,23-21-,28-26-,29-27-,48-33-,55-53-,61-59-. The number of carbonyl (C=O) groups excluding carboxylic acids is 3. The quantitative estimate of drug-likeness (QED) is 0.0195. The number of hydrogen-bond acceptors (Lipinski definition) is 8. The van der Waals surface area contributed by atoms with Gasteiger partial charge in [0, 0.05) is 12.8 Å². The molecule has 0 aromatic carbocycles. The third-order valence-electron chi connectivity index (χ3n) is 16.4. The van der Waals surface area contributed by atoms with Crippen molar-refractivity contribution < 1.29 is 42.9 Å². The van der Waals surface area contributed by atoms with Crippen molar-refractivity contribution in [2.75, 3.05) is 47.5 Å². The zero-order valence-electron chi connectivity index (χ0n) is 60.8. The molecule has 0 aromatic rings. The zero-order valence-corrected chi connectivity index (χ0v) is 60.8. The zero-order chi connectivity index (χ0) is 67.5. The minimum atomic E-state index is -1.63. The molecule has 0 saturated carbocycles. The van der Waals surface area contributed by atoms with E-state index in [0.717, 1.165) is 122 Å². The summed E-state index contributed by atoms with van der Waals surface area (Å²) in [5.74, 6) is -2.31. The molecule has 93 heavy (non-hydrogen) atoms. The van der Waals surface area contributed by atoms with Crippen molar-refractivity contribution >= 4 is 17.9 Å². The molecule has 0 spiro atoms. The average molecular weight is 1300 g/mol. The van der Waals surface area contributed by atoms with Crippen LogP contribution in [-0.4, -0.2) is 82.3 Å². The molecule has 0 saturated heterocycles. The van der Waals surface area contributed by atoms with Gasteiger partial charge in [-0.3, -0.25) is 9.59 Å². The van der Waals surface area contributed by atoms with Crippen molar-refractivity contribution in [2.24, 2.45) is 0 Å². The van der Waals surface area contributed by atoms with Gasteiger partial charge in [-0.2, -0.15) is 0 Å². The summed E-state index contributed by atoms with van der Waals surface area (Å²) in [5, 5.41) is 11.8. The second-order valence-corrected chi connectivity index (χ2v) is 26.5. The number of carboxylic acids is 1. The largest absolute Gasteiger partial charge is 0.545 e. The van der Waals surface area contributed by atoms with Crippen molar-refractivity contribution in [3.05, 3.63) is 134 Å². The molecule has 0 heterocycles. The Bertz CT molecular complexity index is 2000. The minimum absolute atomic E-state index is 0.139. The molecular formula is C84H143NO8. The fourth-order valence-electron chi connectivity index (χ4n) is 10.6. The summed E-state index contributed by atoms with van der Waals surface area (Å²) in [4.78, 5) is 37.5. The maximum atomic E-state index is 12.9. The molecule has 0 radical (unpaired) electrons. The number of nitrogens with zero attached hydrogens (tertiary/aromatic N) is 1. The number of carbonyl (C=O) groups is 3. The maximum absolute atomic E-state index is 12.9. The number of ether oxygens (including phenoxy) is 4. The van der Waals surface area contributed by atoms with Crippen molar-refractivity contribution in [1.82, 2.24) is 0 Å². The first-order valence-corrected chi connectivity index (χ1v) is 38.3. The van der Waals surface area contributed by atoms with E-state index in [9.17, 15) is 19.5 Å². The van der Waals surface area contributed by atoms with Gasteiger partial charge in [0.1, 0.15) is 13.2 Å². The summed E-state index contributed by atoms with van der Waals surface area (Å²) in [7, 11) is 5.92. The van der Waals surface area contributed by atoms with Crippen LogP contribution in [-0.2, 0) is 33.3 Å². The summed E-state index contributed by atoms with van der Waals surface area (Å²) in [6, 6.07) is 0. The van der Waals surface area contributed by atoms with Crippen molar-refractivity contribution in [1.29, 1.82) is 0 Å². The second kappa shape index (κ2) is 73.2. The SMILES string of the molecule is CC/C=C\C/C=C\C/C=C\C/C=C\C/C=C\C/C=C\C/C=C\CCCCCCCC(=O)OC(COC(=O)CCCCCCCCCCCCCCCCCCCCCCCCCCCCCC/C=C\C/C=C\C/C=C\C/C=C\CC)COC(OCC[N+](C)(C)C)C(=O)[O-]. The summed E-state index contributed by atoms with van der Waals surface area (Å²) >= 11 is 0. The molecule has 0 aliphatic rings. The van der Waals surface area contributed by atoms with Crippen LogP contribution in [0.25, 0.3) is 0 Å². The first-order chi connectivity index (χ1) is 45.6. The number of allylic oxidation sites excluding steroid dienone is 22. The van der Waals surface area contributed by atoms with E-state index in [-0.39, 0.29) is 38.6 Å². The number of unbranched alkanes of at least 4 members (excludes halogenated alkanes) is 33. The average Bonchev–Trinajstić information content (AvgIpc) is 3.38. The maximum Gasteiger partial charge on any atom is 0.306 e. The number of rotatable bonds is 70. The Morgan fingerprint density at radius 2 is 0.581 bits per heavy atom. The Morgan fingerprint density at radius 1 is 0.323 bits per heavy atom. The molecule has 0 aromatic heterocycles. The highest BCUT2D eigenvalue weighted by Crippen LogP contribution is 2.18. The van der Waals surface area contributed by atoms with E-state index in [1.54, 1.807) is 0 Å². The van der Waals surface area contributed by atoms with E-state index in [2.05, 4.69) is 148 Å². The van der Waals surface area contributed by atoms with Gasteiger partial charge in [-0.15, -0.1) is 0 Å². The molecule has 0 rings (SSSR count). The Hall–Kier alpha value is -4.57. The van der Waals surface area contributed by atoms with Gasteiger partial charge >= 0.3 is 11.9 Å². The third-order valence-corrected chi connectivity index (χ3v) is 16.4. The van der Waals surface area contributed by atoms with Gasteiger partial charge in [-0.05, 0) is 109 Å². The van der Waals surface area contributed by atoms with Crippen molar-refractivity contribution in [3.63, 3.8) is 0 Å². The van der Waals surface area contributed by atoms with Gasteiger partial charge in [0.05, 0.1) is 40.3 Å². The van der Waals surface area contributed by atoms with E-state index in [1.807, 2.05) is 21.1 Å². The van der Waals surface area contributed by atoms with Crippen molar-refractivity contribution in [2.45, 2.75) is 334 Å². The fraction of sp³-hybridized carbons (Fsp3) is 0.702. The fourth-order valence-corrected chi connectivity index (χ4v) is 10.6. The number of aliphatic carboxylic acids is 1. The molecule has 0 fully saturated rings. The predicted octanol–water partition coefficient (Wildman–Crippen LogP) is 23.1. The highest BCUT2D eigenvalue weighted by molar-refractivity contribution is 5.70. The number of carboxylic acid groups (broad SMARTS) is 1. The number of likely N-dealkylation sites (N-methyl/N-ethyl adjacent to an activating group) is 1. The van der Waals surface area contributed by atoms with Crippen LogP contribution >= 0.6 is 0 Å². The van der Waals surface area contributed by atoms with Gasteiger partial charge in [0.15, 0.2) is 12.4 Å². The van der Waals surface area contributed by atoms with Gasteiger partial charge in [0.25, 0.3) is 0 Å². The second-order valence-electron chi connectivity index (χ2n) is 26.5. The lowest BCUT2D eigenvalue weighted by molar-refractivity contribution is -0.870. The van der Waals surface area contributed by atoms with E-state index in [0.29, 0.717) is 17.4 Å². The molecule has 0 N–H and O–H groups in total. The van der Waals surface area contributed by atoms with Crippen LogP contribution in [0.4, 0.5) is 0 Å². The summed E-state index contributed by atoms with van der Waals surface area (Å²) in [5.41, 5.74) is 0. The monoisotopic (exact) mass is 1290 g/mol. The predicted molar refractivity (Wildman–Crippen MR) is 398 cm³/mol. The molecular weight excluding hydrogens is 1150 g/mol. The lowest BCUT2D eigenvalue weighted by atomic mass is 10.0. The molecule has 532 valence electrons. The van der Waals surface area contributed by atoms with Crippen LogP contribution in [0.3, 0.4) is 0 Å². The Morgan fingerprint density at radius 3 is 0.860 bits per heavy atom. The van der Waals surface area contributed by atoms with Crippen LogP contribution in [0.15, 0.2) is 134 Å². The molecule has 0 aliphatic carbocycles. The topological polar surface area (TPSA) is 111 Å². The highest BCUT2D eigenvalue weighted by atomic mass is 16.7. The minimum Gasteiger partial charge on any atom is -0.545 e. The van der Waals surface area contributed by atoms with Crippen molar-refractivity contribution in [3.8, 4) is 0 Å². The van der Waals surface area contributed by atoms with Crippen LogP contribution < -0.4 is 5.11 Å². The Kier molecular flexibility index (Phi) is 69.6. The van der Waals surface area contributed by atoms with E-state index >= 15 is 0 Å². The lowest BCUT2D eigenvalue weighted by Crippen LogP contribution is -2.44. The third kappa shape index (κ3) is 74.7. The summed E-state index contributed by atoms with van der Waals surface area (Å²) in [6.45, 7) is 4.52. The normalized spacial score (nSPS) is 13.4. The van der Waals surface area contributed by atoms with Crippen LogP contribution in [0.2, 0.25) is 0 Å². The van der Waals surface area contributed by atoms with Gasteiger partial charge in [-0.1, -0.05) is 334 Å². The summed E-state index contributed by atoms with van der Waals surface area (Å²) in [6.07, 6.45) is 103. The van der Waals surface area contributed by atoms with E-state index in [4.69, 9.17) is 18.9 Å². The van der Waals surface area contributed by atoms with Crippen LogP contribution in [0.1, 0.15) is 322 Å². The Labute approximate surface area is 573 Å². The number of esters is 2. The molecule has 2 unspecified atom stereocenters. The van der Waals surface area contributed by atoms with Crippen LogP contribution in [0, 0.1) is 0 Å². The lowest BCUT2D eigenvalue weighted by Gasteiger charge is -2.26. The Balaban J connectivity index is 4.02. The molecule has 9 nitrogen and oxygen atoms in total. The molecule has 0 amide bonds. The van der Waals surface area contributed by atoms with Crippen LogP contribution in [0.5, 0.6) is 0 Å². The first kappa shape index (κ1) is 88.4. The van der Waals surface area contributed by atoms with E-state index < -0.39 is 24.3 Å². The highest BCUT2D eigenvalue weighted by Gasteiger charge is 2.22.